The number of esters is 1. The molecule has 1 atom stereocenters. The lowest BCUT2D eigenvalue weighted by atomic mass is 9.77. The third-order valence-corrected chi connectivity index (χ3v) is 5.85. The van der Waals surface area contributed by atoms with Crippen LogP contribution in [0.1, 0.15) is 70.3 Å². The minimum Gasteiger partial charge on any atom is -0.492 e. The number of ether oxygens (including phenoxy) is 2. The molecule has 0 bridgehead atoms. The number of carbonyl (C=O) groups excluding carboxylic acids is 2. The zero-order valence-electron chi connectivity index (χ0n) is 16.9. The molecule has 0 spiro atoms. The molecule has 1 amide bonds. The molecule has 1 saturated carbocycles. The number of nitrogens with two attached hydrogens (primary N) is 1. The van der Waals surface area contributed by atoms with Crippen LogP contribution in [-0.2, 0) is 14.3 Å². The van der Waals surface area contributed by atoms with Gasteiger partial charge < -0.3 is 15.2 Å². The summed E-state index contributed by atoms with van der Waals surface area (Å²) in [6.07, 6.45) is 5.64. The van der Waals surface area contributed by atoms with Crippen LogP contribution in [0, 0.1) is 11.8 Å². The van der Waals surface area contributed by atoms with E-state index in [4.69, 9.17) is 26.8 Å². The summed E-state index contributed by atoms with van der Waals surface area (Å²) in [7, 11) is 0. The fourth-order valence-electron chi connectivity index (χ4n) is 3.79. The van der Waals surface area contributed by atoms with Crippen molar-refractivity contribution < 1.29 is 19.1 Å². The van der Waals surface area contributed by atoms with E-state index in [0.717, 1.165) is 31.2 Å². The first-order valence-electron chi connectivity index (χ1n) is 10.3. The number of benzene rings is 1. The Morgan fingerprint density at radius 1 is 1.25 bits per heavy atom. The van der Waals surface area contributed by atoms with E-state index < -0.39 is 0 Å². The van der Waals surface area contributed by atoms with Crippen molar-refractivity contribution in [1.29, 1.82) is 0 Å². The number of rotatable bonds is 10. The summed E-state index contributed by atoms with van der Waals surface area (Å²) >= 11 is 6.64. The van der Waals surface area contributed by atoms with Crippen LogP contribution in [0.25, 0.3) is 0 Å². The van der Waals surface area contributed by atoms with Gasteiger partial charge in [-0.05, 0) is 68.4 Å². The Kier molecular flexibility index (Phi) is 9.10. The Morgan fingerprint density at radius 3 is 2.61 bits per heavy atom. The van der Waals surface area contributed by atoms with Gasteiger partial charge in [0.1, 0.15) is 5.75 Å². The smallest absolute Gasteiger partial charge is 0.306 e. The predicted octanol–water partition coefficient (Wildman–Crippen LogP) is 4.85. The standard InChI is InChI=1S/C22H32ClNO4/c1-3-27-21(26)13-16-8-10-17(11-9-16)18-5-4-6-19(22(18)23)28-14-15(2)7-12-20(24)25/h4-6,15-17H,3,7-14H2,1-2H3,(H2,24,25)/t15-,16?,17?/m0/s1. The SMILES string of the molecule is CCOC(=O)CC1CCC(c2cccc(OC[C@@H](C)CCC(N)=O)c2Cl)CC1. The third kappa shape index (κ3) is 7.01. The van der Waals surface area contributed by atoms with E-state index in [1.165, 1.54) is 0 Å². The van der Waals surface area contributed by atoms with Crippen molar-refractivity contribution in [2.45, 2.75) is 64.7 Å². The van der Waals surface area contributed by atoms with Gasteiger partial charge in [0.25, 0.3) is 0 Å². The molecule has 5 nitrogen and oxygen atoms in total. The van der Waals surface area contributed by atoms with Crippen LogP contribution < -0.4 is 10.5 Å². The first-order valence-corrected chi connectivity index (χ1v) is 10.6. The molecule has 0 saturated heterocycles. The van der Waals surface area contributed by atoms with Crippen molar-refractivity contribution in [2.75, 3.05) is 13.2 Å². The van der Waals surface area contributed by atoms with Crippen molar-refractivity contribution in [1.82, 2.24) is 0 Å². The number of hydrogen-bond donors (Lipinski definition) is 1. The number of primary amides is 1. The molecule has 2 N–H and O–H groups in total. The third-order valence-electron chi connectivity index (χ3n) is 5.45. The van der Waals surface area contributed by atoms with Gasteiger partial charge in [-0.25, -0.2) is 0 Å². The maximum Gasteiger partial charge on any atom is 0.306 e. The van der Waals surface area contributed by atoms with E-state index >= 15 is 0 Å². The molecule has 0 radical (unpaired) electrons. The van der Waals surface area contributed by atoms with Crippen molar-refractivity contribution in [3.63, 3.8) is 0 Å². The lowest BCUT2D eigenvalue weighted by Gasteiger charge is -2.29. The molecule has 0 aliphatic heterocycles. The second-order valence-electron chi connectivity index (χ2n) is 7.81. The van der Waals surface area contributed by atoms with Crippen LogP contribution in [0.5, 0.6) is 5.75 Å². The van der Waals surface area contributed by atoms with Gasteiger partial charge in [0.05, 0.1) is 18.2 Å². The molecule has 6 heteroatoms. The van der Waals surface area contributed by atoms with Crippen LogP contribution in [0.3, 0.4) is 0 Å². The minimum absolute atomic E-state index is 0.0927. The van der Waals surface area contributed by atoms with Crippen LogP contribution in [0.4, 0.5) is 0 Å². The first-order chi connectivity index (χ1) is 13.4. The number of halogens is 1. The molecule has 1 fully saturated rings. The number of amides is 1. The van der Waals surface area contributed by atoms with Crippen LogP contribution in [0.2, 0.25) is 5.02 Å². The zero-order chi connectivity index (χ0) is 20.5. The maximum absolute atomic E-state index is 11.7. The predicted molar refractivity (Wildman–Crippen MR) is 110 cm³/mol. The molecule has 28 heavy (non-hydrogen) atoms. The summed E-state index contributed by atoms with van der Waals surface area (Å²) in [5.41, 5.74) is 6.32. The van der Waals surface area contributed by atoms with E-state index in [2.05, 4.69) is 6.07 Å². The molecular weight excluding hydrogens is 378 g/mol. The Labute approximate surface area is 172 Å². The van der Waals surface area contributed by atoms with Crippen molar-refractivity contribution in [3.8, 4) is 5.75 Å². The fourth-order valence-corrected chi connectivity index (χ4v) is 4.13. The van der Waals surface area contributed by atoms with E-state index in [-0.39, 0.29) is 17.8 Å². The number of hydrogen-bond acceptors (Lipinski definition) is 4. The molecule has 1 aliphatic rings. The Morgan fingerprint density at radius 2 is 1.96 bits per heavy atom. The van der Waals surface area contributed by atoms with E-state index in [9.17, 15) is 9.59 Å². The summed E-state index contributed by atoms with van der Waals surface area (Å²) in [5, 5.41) is 0.679. The average Bonchev–Trinajstić information content (AvgIpc) is 2.66. The lowest BCUT2D eigenvalue weighted by Crippen LogP contribution is -2.18. The fraction of sp³-hybridized carbons (Fsp3) is 0.636. The zero-order valence-corrected chi connectivity index (χ0v) is 17.7. The molecule has 0 unspecified atom stereocenters. The molecule has 1 aromatic rings. The topological polar surface area (TPSA) is 78.6 Å². The van der Waals surface area contributed by atoms with Gasteiger partial charge in [0.15, 0.2) is 0 Å². The van der Waals surface area contributed by atoms with E-state index in [1.54, 1.807) is 0 Å². The van der Waals surface area contributed by atoms with Crippen LogP contribution in [-0.4, -0.2) is 25.1 Å². The summed E-state index contributed by atoms with van der Waals surface area (Å²) in [5.74, 6) is 1.33. The van der Waals surface area contributed by atoms with Crippen molar-refractivity contribution >= 4 is 23.5 Å². The van der Waals surface area contributed by atoms with Gasteiger partial charge in [-0.3, -0.25) is 9.59 Å². The molecule has 156 valence electrons. The lowest BCUT2D eigenvalue weighted by molar-refractivity contribution is -0.144. The highest BCUT2D eigenvalue weighted by Crippen LogP contribution is 2.42. The largest absolute Gasteiger partial charge is 0.492 e. The summed E-state index contributed by atoms with van der Waals surface area (Å²) in [6, 6.07) is 5.94. The van der Waals surface area contributed by atoms with Gasteiger partial charge >= 0.3 is 5.97 Å². The van der Waals surface area contributed by atoms with Crippen molar-refractivity contribution in [3.05, 3.63) is 28.8 Å². The highest BCUT2D eigenvalue weighted by Gasteiger charge is 2.26. The summed E-state index contributed by atoms with van der Waals surface area (Å²) in [6.45, 7) is 4.82. The summed E-state index contributed by atoms with van der Waals surface area (Å²) < 4.78 is 11.0. The number of carbonyl (C=O) groups is 2. The van der Waals surface area contributed by atoms with Crippen LogP contribution >= 0.6 is 11.6 Å². The quantitative estimate of drug-likeness (QED) is 0.560. The molecule has 0 heterocycles. The summed E-state index contributed by atoms with van der Waals surface area (Å²) in [4.78, 5) is 22.6. The van der Waals surface area contributed by atoms with Gasteiger partial charge in [-0.15, -0.1) is 0 Å². The van der Waals surface area contributed by atoms with Gasteiger partial charge in [0.2, 0.25) is 5.91 Å². The molecular formula is C22H32ClNO4. The Balaban J connectivity index is 1.89. The first kappa shape index (κ1) is 22.5. The maximum atomic E-state index is 11.7. The van der Waals surface area contributed by atoms with Gasteiger partial charge in [-0.1, -0.05) is 30.7 Å². The second kappa shape index (κ2) is 11.3. The van der Waals surface area contributed by atoms with E-state index in [0.29, 0.717) is 55.1 Å². The molecule has 2 rings (SSSR count). The van der Waals surface area contributed by atoms with Gasteiger partial charge in [-0.2, -0.15) is 0 Å². The van der Waals surface area contributed by atoms with Crippen molar-refractivity contribution in [2.24, 2.45) is 17.6 Å². The normalized spacial score (nSPS) is 20.4. The highest BCUT2D eigenvalue weighted by atomic mass is 35.5. The van der Waals surface area contributed by atoms with Crippen LogP contribution in [0.15, 0.2) is 18.2 Å². The second-order valence-corrected chi connectivity index (χ2v) is 8.19. The minimum atomic E-state index is -0.287. The van der Waals surface area contributed by atoms with E-state index in [1.807, 2.05) is 26.0 Å². The Hall–Kier alpha value is -1.75. The molecule has 1 aromatic carbocycles. The Bertz CT molecular complexity index is 656. The highest BCUT2D eigenvalue weighted by molar-refractivity contribution is 6.32. The molecule has 0 aromatic heterocycles. The monoisotopic (exact) mass is 409 g/mol. The average molecular weight is 410 g/mol. The van der Waals surface area contributed by atoms with Gasteiger partial charge in [0, 0.05) is 12.8 Å². The molecule has 1 aliphatic carbocycles.